The lowest BCUT2D eigenvalue weighted by Crippen LogP contribution is -2.13. The summed E-state index contributed by atoms with van der Waals surface area (Å²) in [5.74, 6) is 0.0211. The van der Waals surface area contributed by atoms with Crippen LogP contribution >= 0.6 is 27.3 Å². The molecule has 8 heteroatoms. The molecule has 6 nitrogen and oxygen atoms in total. The van der Waals surface area contributed by atoms with Gasteiger partial charge in [0.25, 0.3) is 5.91 Å². The Bertz CT molecular complexity index is 1450. The van der Waals surface area contributed by atoms with Crippen LogP contribution in [0.15, 0.2) is 52.5 Å². The molecule has 0 saturated heterocycles. The third-order valence-corrected chi connectivity index (χ3v) is 7.49. The number of hydrogen-bond acceptors (Lipinski definition) is 6. The normalized spacial score (nSPS) is 12.6. The highest BCUT2D eigenvalue weighted by atomic mass is 79.9. The second-order valence-corrected chi connectivity index (χ2v) is 9.86. The number of halogens is 1. The SMILES string of the molecule is N#C/C(=C\c1ccc(OCc2ccccc2C#N)c(Br)c1)C(=O)Nc1sc2c(c1C#N)CCCC2. The number of aryl methyl sites for hydroxylation is 1. The Morgan fingerprint density at radius 1 is 1.11 bits per heavy atom. The Hall–Kier alpha value is -3.90. The van der Waals surface area contributed by atoms with Crippen LogP contribution in [-0.2, 0) is 24.2 Å². The molecular weight excluding hydrogens is 524 g/mol. The van der Waals surface area contributed by atoms with Gasteiger partial charge in [0.05, 0.1) is 21.7 Å². The number of benzene rings is 2. The first-order chi connectivity index (χ1) is 17.0. The summed E-state index contributed by atoms with van der Waals surface area (Å²) >= 11 is 4.90. The molecular formula is C27H19BrN4O2S. The van der Waals surface area contributed by atoms with E-state index >= 15 is 0 Å². The average Bonchev–Trinajstić information content (AvgIpc) is 3.23. The molecule has 0 atom stereocenters. The van der Waals surface area contributed by atoms with Crippen molar-refractivity contribution in [3.63, 3.8) is 0 Å². The van der Waals surface area contributed by atoms with Gasteiger partial charge in [-0.25, -0.2) is 0 Å². The number of hydrogen-bond donors (Lipinski definition) is 1. The Morgan fingerprint density at radius 2 is 1.91 bits per heavy atom. The minimum Gasteiger partial charge on any atom is -0.488 e. The molecule has 0 radical (unpaired) electrons. The van der Waals surface area contributed by atoms with Gasteiger partial charge in [-0.1, -0.05) is 24.3 Å². The van der Waals surface area contributed by atoms with Crippen molar-refractivity contribution >= 4 is 44.3 Å². The first-order valence-corrected chi connectivity index (χ1v) is 12.5. The van der Waals surface area contributed by atoms with Gasteiger partial charge in [-0.05, 0) is 77.0 Å². The predicted octanol–water partition coefficient (Wildman–Crippen LogP) is 6.26. The van der Waals surface area contributed by atoms with Crippen LogP contribution in [0.2, 0.25) is 0 Å². The zero-order chi connectivity index (χ0) is 24.8. The standard InChI is InChI=1S/C27H19BrN4O2S/c28-23-12-17(9-10-24(23)34-16-19-6-2-1-5-18(19)13-29)11-20(14-30)26(33)32-27-22(15-31)21-7-3-4-8-25(21)35-27/h1-2,5-6,9-12H,3-4,7-8,16H2,(H,32,33)/b20-11+. The summed E-state index contributed by atoms with van der Waals surface area (Å²) in [4.78, 5) is 14.0. The topological polar surface area (TPSA) is 110 Å². The van der Waals surface area contributed by atoms with E-state index in [1.807, 2.05) is 18.2 Å². The fourth-order valence-corrected chi connectivity index (χ4v) is 5.64. The van der Waals surface area contributed by atoms with E-state index in [1.54, 1.807) is 30.3 Å². The van der Waals surface area contributed by atoms with E-state index < -0.39 is 5.91 Å². The van der Waals surface area contributed by atoms with Crippen molar-refractivity contribution in [3.8, 4) is 24.0 Å². The van der Waals surface area contributed by atoms with E-state index in [1.165, 1.54) is 17.4 Å². The van der Waals surface area contributed by atoms with Gasteiger partial charge in [0, 0.05) is 10.4 Å². The number of thiophene rings is 1. The Morgan fingerprint density at radius 3 is 2.66 bits per heavy atom. The monoisotopic (exact) mass is 542 g/mol. The van der Waals surface area contributed by atoms with Crippen LogP contribution in [-0.4, -0.2) is 5.91 Å². The Labute approximate surface area is 215 Å². The van der Waals surface area contributed by atoms with Crippen LogP contribution in [0.4, 0.5) is 5.00 Å². The number of nitrogens with one attached hydrogen (secondary N) is 1. The summed E-state index contributed by atoms with van der Waals surface area (Å²) in [5, 5.41) is 31.7. The molecule has 0 fully saturated rings. The predicted molar refractivity (Wildman–Crippen MR) is 138 cm³/mol. The van der Waals surface area contributed by atoms with Gasteiger partial charge in [0.2, 0.25) is 0 Å². The molecule has 1 heterocycles. The van der Waals surface area contributed by atoms with Crippen molar-refractivity contribution in [1.29, 1.82) is 15.8 Å². The second kappa shape index (κ2) is 11.0. The Balaban J connectivity index is 1.49. The number of ether oxygens (including phenoxy) is 1. The van der Waals surface area contributed by atoms with E-state index in [9.17, 15) is 20.6 Å². The largest absolute Gasteiger partial charge is 0.488 e. The van der Waals surface area contributed by atoms with E-state index in [0.717, 1.165) is 41.7 Å². The smallest absolute Gasteiger partial charge is 0.266 e. The van der Waals surface area contributed by atoms with E-state index in [4.69, 9.17) is 4.74 Å². The third-order valence-electron chi connectivity index (χ3n) is 5.66. The molecule has 0 aliphatic heterocycles. The van der Waals surface area contributed by atoms with Crippen LogP contribution in [0.25, 0.3) is 6.08 Å². The van der Waals surface area contributed by atoms with Crippen molar-refractivity contribution < 1.29 is 9.53 Å². The molecule has 172 valence electrons. The zero-order valence-electron chi connectivity index (χ0n) is 18.6. The summed E-state index contributed by atoms with van der Waals surface area (Å²) in [6.45, 7) is 0.232. The van der Waals surface area contributed by atoms with Gasteiger partial charge >= 0.3 is 0 Å². The molecule has 1 N–H and O–H groups in total. The van der Waals surface area contributed by atoms with Crippen LogP contribution in [0.3, 0.4) is 0 Å². The molecule has 1 aromatic heterocycles. The molecule has 0 saturated carbocycles. The van der Waals surface area contributed by atoms with Gasteiger partial charge in [0.15, 0.2) is 0 Å². The van der Waals surface area contributed by atoms with Crippen LogP contribution in [0.1, 0.15) is 45.5 Å². The highest BCUT2D eigenvalue weighted by molar-refractivity contribution is 9.10. The van der Waals surface area contributed by atoms with E-state index in [0.29, 0.717) is 31.9 Å². The number of anilines is 1. The summed E-state index contributed by atoms with van der Waals surface area (Å²) < 4.78 is 6.50. The third kappa shape index (κ3) is 5.44. The van der Waals surface area contributed by atoms with Gasteiger partial charge in [-0.2, -0.15) is 15.8 Å². The lowest BCUT2D eigenvalue weighted by atomic mass is 9.96. The first-order valence-electron chi connectivity index (χ1n) is 10.9. The summed E-state index contributed by atoms with van der Waals surface area (Å²) in [6, 6.07) is 18.8. The molecule has 1 amide bonds. The van der Waals surface area contributed by atoms with Crippen molar-refractivity contribution in [2.24, 2.45) is 0 Å². The van der Waals surface area contributed by atoms with Crippen LogP contribution in [0.5, 0.6) is 5.75 Å². The Kier molecular flexibility index (Phi) is 7.63. The highest BCUT2D eigenvalue weighted by Crippen LogP contribution is 2.38. The second-order valence-electron chi connectivity index (χ2n) is 7.90. The number of nitriles is 3. The molecule has 0 bridgehead atoms. The minimum absolute atomic E-state index is 0.0659. The minimum atomic E-state index is -0.549. The number of rotatable bonds is 6. The molecule has 0 unspecified atom stereocenters. The zero-order valence-corrected chi connectivity index (χ0v) is 21.0. The molecule has 1 aliphatic carbocycles. The van der Waals surface area contributed by atoms with Crippen LogP contribution < -0.4 is 10.1 Å². The first kappa shape index (κ1) is 24.2. The van der Waals surface area contributed by atoms with Crippen molar-refractivity contribution in [3.05, 3.63) is 85.2 Å². The molecule has 3 aromatic rings. The quantitative estimate of drug-likeness (QED) is 0.292. The average molecular weight is 543 g/mol. The number of amides is 1. The van der Waals surface area contributed by atoms with Gasteiger partial charge in [-0.15, -0.1) is 11.3 Å². The fourth-order valence-electron chi connectivity index (χ4n) is 3.89. The molecule has 4 rings (SSSR count). The summed E-state index contributed by atoms with van der Waals surface area (Å²) in [6.07, 6.45) is 5.36. The fraction of sp³-hybridized carbons (Fsp3) is 0.185. The van der Waals surface area contributed by atoms with Crippen molar-refractivity contribution in [2.75, 3.05) is 5.32 Å². The lowest BCUT2D eigenvalue weighted by Gasteiger charge is -2.10. The molecule has 1 aliphatic rings. The van der Waals surface area contributed by atoms with Gasteiger partial charge in [-0.3, -0.25) is 4.79 Å². The summed E-state index contributed by atoms with van der Waals surface area (Å²) in [7, 11) is 0. The van der Waals surface area contributed by atoms with Gasteiger partial charge < -0.3 is 10.1 Å². The summed E-state index contributed by atoms with van der Waals surface area (Å²) in [5.41, 5.74) is 3.44. The van der Waals surface area contributed by atoms with Crippen LogP contribution in [0, 0.1) is 34.0 Å². The van der Waals surface area contributed by atoms with Gasteiger partial charge in [0.1, 0.15) is 35.1 Å². The highest BCUT2D eigenvalue weighted by Gasteiger charge is 2.22. The molecule has 0 spiro atoms. The van der Waals surface area contributed by atoms with E-state index in [2.05, 4.69) is 33.4 Å². The lowest BCUT2D eigenvalue weighted by molar-refractivity contribution is -0.112. The van der Waals surface area contributed by atoms with Crippen molar-refractivity contribution in [1.82, 2.24) is 0 Å². The number of carbonyl (C=O) groups excluding carboxylic acids is 1. The molecule has 2 aromatic carbocycles. The van der Waals surface area contributed by atoms with E-state index in [-0.39, 0.29) is 12.2 Å². The maximum absolute atomic E-state index is 12.8. The maximum Gasteiger partial charge on any atom is 0.266 e. The number of fused-ring (bicyclic) bond motifs is 1. The number of carbonyl (C=O) groups is 1. The molecule has 35 heavy (non-hydrogen) atoms. The van der Waals surface area contributed by atoms with Crippen molar-refractivity contribution in [2.45, 2.75) is 32.3 Å². The number of nitrogens with zero attached hydrogens (tertiary/aromatic N) is 3. The maximum atomic E-state index is 12.8.